The van der Waals surface area contributed by atoms with Crippen LogP contribution in [0, 0.1) is 0 Å². The molecule has 3 nitrogen and oxygen atoms in total. The Balaban J connectivity index is 1.19. The summed E-state index contributed by atoms with van der Waals surface area (Å²) in [4.78, 5) is 10.6. The highest BCUT2D eigenvalue weighted by atomic mass is 16.3. The molecule has 274 valence electrons. The minimum absolute atomic E-state index is 0.685. The Bertz CT molecular complexity index is 3600. The molecule has 12 rings (SSSR count). The second kappa shape index (κ2) is 13.4. The van der Waals surface area contributed by atoms with Crippen molar-refractivity contribution in [1.29, 1.82) is 0 Å². The van der Waals surface area contributed by atoms with Crippen LogP contribution >= 0.6 is 0 Å². The Morgan fingerprint density at radius 3 is 1.64 bits per heavy atom. The maximum absolute atomic E-state index is 6.96. The van der Waals surface area contributed by atoms with Gasteiger partial charge in [-0.1, -0.05) is 170 Å². The van der Waals surface area contributed by atoms with Gasteiger partial charge >= 0.3 is 0 Å². The molecule has 0 aliphatic heterocycles. The van der Waals surface area contributed by atoms with Gasteiger partial charge in [0.05, 0.1) is 11.4 Å². The molecular weight excluding hydrogens is 717 g/mol. The molecular formula is C56H34N2O. The molecule has 2 aromatic heterocycles. The first-order valence-corrected chi connectivity index (χ1v) is 20.1. The van der Waals surface area contributed by atoms with Crippen molar-refractivity contribution in [3.8, 4) is 56.2 Å². The summed E-state index contributed by atoms with van der Waals surface area (Å²) in [6, 6.07) is 73.3. The van der Waals surface area contributed by atoms with Crippen molar-refractivity contribution in [3.05, 3.63) is 206 Å². The van der Waals surface area contributed by atoms with Crippen LogP contribution in [0.1, 0.15) is 0 Å². The smallest absolute Gasteiger partial charge is 0.160 e. The van der Waals surface area contributed by atoms with Gasteiger partial charge in [0.25, 0.3) is 0 Å². The van der Waals surface area contributed by atoms with Gasteiger partial charge in [-0.25, -0.2) is 9.97 Å². The van der Waals surface area contributed by atoms with Crippen LogP contribution in [0.4, 0.5) is 0 Å². The largest absolute Gasteiger partial charge is 0.455 e. The number of aromatic nitrogens is 2. The molecule has 12 aromatic rings. The third-order valence-corrected chi connectivity index (χ3v) is 11.8. The normalized spacial score (nSPS) is 11.7. The molecule has 10 aromatic carbocycles. The fourth-order valence-electron chi connectivity index (χ4n) is 9.12. The first-order valence-electron chi connectivity index (χ1n) is 20.1. The standard InChI is InChI=1S/C56H34N2O/c1-3-16-35(17-4-1)38-30-39(32-40(31-38)50-34-51(58-56(57-50)37-19-5-2-6-20-37)45-28-15-21-36-18-7-8-22-41(36)45)48-33-49-44-25-10-9-23-42(44)43-24-11-12-26-46(43)53(49)55-54(48)47-27-13-14-29-52(47)59-55/h1-34H. The molecule has 0 spiro atoms. The fourth-order valence-corrected chi connectivity index (χ4v) is 9.12. The van der Waals surface area contributed by atoms with Crippen molar-refractivity contribution >= 4 is 65.0 Å². The number of para-hydroxylation sites is 1. The zero-order chi connectivity index (χ0) is 38.9. The van der Waals surface area contributed by atoms with Gasteiger partial charge in [0.15, 0.2) is 5.82 Å². The monoisotopic (exact) mass is 750 g/mol. The van der Waals surface area contributed by atoms with Gasteiger partial charge in [-0.15, -0.1) is 0 Å². The van der Waals surface area contributed by atoms with Gasteiger partial charge in [0, 0.05) is 32.8 Å². The summed E-state index contributed by atoms with van der Waals surface area (Å²) in [6.45, 7) is 0. The Morgan fingerprint density at radius 2 is 0.864 bits per heavy atom. The molecule has 0 fully saturated rings. The number of fused-ring (bicyclic) bond motifs is 11. The Kier molecular flexibility index (Phi) is 7.54. The molecule has 0 aliphatic carbocycles. The van der Waals surface area contributed by atoms with Crippen LogP contribution in [0.25, 0.3) is 121 Å². The van der Waals surface area contributed by atoms with Crippen LogP contribution in [0.2, 0.25) is 0 Å². The van der Waals surface area contributed by atoms with Gasteiger partial charge in [-0.2, -0.15) is 0 Å². The molecule has 0 saturated carbocycles. The lowest BCUT2D eigenvalue weighted by atomic mass is 9.88. The third-order valence-electron chi connectivity index (χ3n) is 11.8. The van der Waals surface area contributed by atoms with Crippen LogP contribution < -0.4 is 0 Å². The predicted molar refractivity (Wildman–Crippen MR) is 247 cm³/mol. The molecule has 0 bridgehead atoms. The maximum Gasteiger partial charge on any atom is 0.160 e. The van der Waals surface area contributed by atoms with Crippen molar-refractivity contribution in [3.63, 3.8) is 0 Å². The van der Waals surface area contributed by atoms with E-state index in [0.717, 1.165) is 83.0 Å². The van der Waals surface area contributed by atoms with Crippen molar-refractivity contribution < 1.29 is 4.42 Å². The lowest BCUT2D eigenvalue weighted by molar-refractivity contribution is 0.673. The summed E-state index contributed by atoms with van der Waals surface area (Å²) in [5, 5.41) is 11.7. The van der Waals surface area contributed by atoms with E-state index in [1.807, 2.05) is 18.2 Å². The fraction of sp³-hybridized carbons (Fsp3) is 0. The van der Waals surface area contributed by atoms with Gasteiger partial charge < -0.3 is 4.42 Å². The first kappa shape index (κ1) is 33.3. The van der Waals surface area contributed by atoms with Gasteiger partial charge in [-0.05, 0) is 96.4 Å². The number of nitrogens with zero attached hydrogens (tertiary/aromatic N) is 2. The summed E-state index contributed by atoms with van der Waals surface area (Å²) in [5.74, 6) is 0.685. The van der Waals surface area contributed by atoms with E-state index >= 15 is 0 Å². The molecule has 3 heteroatoms. The average Bonchev–Trinajstić information content (AvgIpc) is 3.71. The number of hydrogen-bond donors (Lipinski definition) is 0. The molecule has 0 radical (unpaired) electrons. The summed E-state index contributed by atoms with van der Waals surface area (Å²) in [7, 11) is 0. The van der Waals surface area contributed by atoms with E-state index in [-0.39, 0.29) is 0 Å². The van der Waals surface area contributed by atoms with Crippen molar-refractivity contribution in [2.24, 2.45) is 0 Å². The average molecular weight is 751 g/mol. The van der Waals surface area contributed by atoms with E-state index in [9.17, 15) is 0 Å². The van der Waals surface area contributed by atoms with Crippen LogP contribution in [-0.2, 0) is 0 Å². The van der Waals surface area contributed by atoms with E-state index in [4.69, 9.17) is 14.4 Å². The van der Waals surface area contributed by atoms with Crippen molar-refractivity contribution in [2.45, 2.75) is 0 Å². The lowest BCUT2D eigenvalue weighted by Gasteiger charge is -2.16. The summed E-state index contributed by atoms with van der Waals surface area (Å²) >= 11 is 0. The zero-order valence-corrected chi connectivity index (χ0v) is 31.9. The Labute approximate surface area is 340 Å². The van der Waals surface area contributed by atoms with Crippen LogP contribution in [0.5, 0.6) is 0 Å². The Hall–Kier alpha value is -7.88. The molecule has 2 heterocycles. The van der Waals surface area contributed by atoms with E-state index < -0.39 is 0 Å². The van der Waals surface area contributed by atoms with Crippen LogP contribution in [-0.4, -0.2) is 9.97 Å². The van der Waals surface area contributed by atoms with E-state index in [1.54, 1.807) is 0 Å². The van der Waals surface area contributed by atoms with E-state index in [1.165, 1.54) is 32.3 Å². The third kappa shape index (κ3) is 5.44. The highest BCUT2D eigenvalue weighted by Crippen LogP contribution is 2.47. The predicted octanol–water partition coefficient (Wildman–Crippen LogP) is 15.3. The first-order chi connectivity index (χ1) is 29.2. The van der Waals surface area contributed by atoms with Crippen molar-refractivity contribution in [1.82, 2.24) is 9.97 Å². The minimum Gasteiger partial charge on any atom is -0.455 e. The van der Waals surface area contributed by atoms with Crippen LogP contribution in [0.3, 0.4) is 0 Å². The second-order valence-electron chi connectivity index (χ2n) is 15.3. The molecule has 0 N–H and O–H groups in total. The quantitative estimate of drug-likeness (QED) is 0.164. The molecule has 0 unspecified atom stereocenters. The topological polar surface area (TPSA) is 38.9 Å². The SMILES string of the molecule is c1ccc(-c2cc(-c3cc(-c4cccc5ccccc45)nc(-c4ccccc4)n3)cc(-c3cc4c5ccccc5c5ccccc5c4c4oc5ccccc5c34)c2)cc1. The van der Waals surface area contributed by atoms with Gasteiger partial charge in [-0.3, -0.25) is 0 Å². The maximum atomic E-state index is 6.96. The Morgan fingerprint density at radius 1 is 0.305 bits per heavy atom. The molecule has 0 saturated heterocycles. The second-order valence-corrected chi connectivity index (χ2v) is 15.3. The summed E-state index contributed by atoms with van der Waals surface area (Å²) < 4.78 is 6.96. The number of benzene rings is 10. The molecule has 0 amide bonds. The summed E-state index contributed by atoms with van der Waals surface area (Å²) in [6.07, 6.45) is 0. The molecule has 0 atom stereocenters. The van der Waals surface area contributed by atoms with Crippen molar-refractivity contribution in [2.75, 3.05) is 0 Å². The molecule has 0 aliphatic rings. The minimum atomic E-state index is 0.685. The zero-order valence-electron chi connectivity index (χ0n) is 31.9. The van der Waals surface area contributed by atoms with Crippen LogP contribution in [0.15, 0.2) is 211 Å². The van der Waals surface area contributed by atoms with Gasteiger partial charge in [0.2, 0.25) is 0 Å². The lowest BCUT2D eigenvalue weighted by Crippen LogP contribution is -1.97. The number of furan rings is 1. The summed E-state index contributed by atoms with van der Waals surface area (Å²) in [5.41, 5.74) is 11.0. The highest BCUT2D eigenvalue weighted by molar-refractivity contribution is 6.34. The number of rotatable bonds is 5. The van der Waals surface area contributed by atoms with Gasteiger partial charge in [0.1, 0.15) is 11.2 Å². The number of hydrogen-bond acceptors (Lipinski definition) is 3. The van der Waals surface area contributed by atoms with E-state index in [2.05, 4.69) is 188 Å². The molecule has 59 heavy (non-hydrogen) atoms. The van der Waals surface area contributed by atoms with E-state index in [0.29, 0.717) is 5.82 Å². The highest BCUT2D eigenvalue weighted by Gasteiger charge is 2.22.